The van der Waals surface area contributed by atoms with E-state index in [-0.39, 0.29) is 23.1 Å². The van der Waals surface area contributed by atoms with Crippen molar-refractivity contribution >= 4 is 28.3 Å². The Balaban J connectivity index is 1.68. The molecule has 0 saturated heterocycles. The maximum Gasteiger partial charge on any atom is 0.321 e. The molecule has 0 bridgehead atoms. The molecule has 0 spiro atoms. The summed E-state index contributed by atoms with van der Waals surface area (Å²) in [5, 5.41) is 12.9. The molecule has 3 N–H and O–H groups in total. The molecule has 9 nitrogen and oxygen atoms in total. The third-order valence-electron chi connectivity index (χ3n) is 6.12. The van der Waals surface area contributed by atoms with Gasteiger partial charge in [-0.3, -0.25) is 4.79 Å². The highest BCUT2D eigenvalue weighted by Crippen LogP contribution is 2.44. The van der Waals surface area contributed by atoms with E-state index in [1.165, 1.54) is 12.3 Å². The van der Waals surface area contributed by atoms with Crippen LogP contribution in [0.15, 0.2) is 79.3 Å². The number of aryl methyl sites for hydroxylation is 1. The highest BCUT2D eigenvalue weighted by molar-refractivity contribution is 6.11. The van der Waals surface area contributed by atoms with Gasteiger partial charge in [-0.1, -0.05) is 18.7 Å². The van der Waals surface area contributed by atoms with E-state index in [0.29, 0.717) is 44.6 Å². The molecule has 1 amide bonds. The van der Waals surface area contributed by atoms with Crippen LogP contribution in [-0.2, 0) is 11.8 Å². The zero-order valence-corrected chi connectivity index (χ0v) is 21.1. The maximum atomic E-state index is 15.6. The molecule has 5 aromatic rings. The number of hydrogen-bond donors (Lipinski definition) is 2. The summed E-state index contributed by atoms with van der Waals surface area (Å²) in [5.41, 5.74) is 9.75. The average Bonchev–Trinajstić information content (AvgIpc) is 3.23. The number of nitrogens with two attached hydrogens (primary N) is 1. The SMILES string of the molecule is C=C(C)C(=O)Nc1ccc(-c2c(-c3ccc(Oc4ncccn4)cc3)c3c(N)ncc(C#N)c3n2C)c(F)c1. The first-order chi connectivity index (χ1) is 18.8. The Kier molecular flexibility index (Phi) is 6.48. The molecule has 10 heteroatoms. The van der Waals surface area contributed by atoms with Crippen molar-refractivity contribution < 1.29 is 13.9 Å². The number of nitrogens with one attached hydrogen (secondary N) is 1. The number of nitriles is 1. The number of hydrogen-bond acceptors (Lipinski definition) is 7. The fourth-order valence-electron chi connectivity index (χ4n) is 4.34. The zero-order chi connectivity index (χ0) is 27.7. The first-order valence-corrected chi connectivity index (χ1v) is 11.8. The molecule has 0 aliphatic rings. The lowest BCUT2D eigenvalue weighted by Crippen LogP contribution is -2.12. The number of aromatic nitrogens is 4. The number of nitrogen functional groups attached to an aromatic ring is 1. The second-order valence-corrected chi connectivity index (χ2v) is 8.76. The molecule has 39 heavy (non-hydrogen) atoms. The van der Waals surface area contributed by atoms with E-state index in [1.807, 2.05) is 0 Å². The van der Waals surface area contributed by atoms with Gasteiger partial charge in [0.1, 0.15) is 23.5 Å². The van der Waals surface area contributed by atoms with E-state index >= 15 is 4.39 Å². The molecule has 0 saturated carbocycles. The molecule has 0 fully saturated rings. The number of fused-ring (bicyclic) bond motifs is 1. The number of carbonyl (C=O) groups excluding carboxylic acids is 1. The van der Waals surface area contributed by atoms with Crippen LogP contribution in [0.3, 0.4) is 0 Å². The van der Waals surface area contributed by atoms with Crippen LogP contribution in [0.2, 0.25) is 0 Å². The summed E-state index contributed by atoms with van der Waals surface area (Å²) in [6.45, 7) is 5.17. The van der Waals surface area contributed by atoms with Gasteiger partial charge in [-0.25, -0.2) is 19.3 Å². The second-order valence-electron chi connectivity index (χ2n) is 8.76. The molecule has 0 aliphatic heterocycles. The number of halogens is 1. The standard InChI is InChI=1S/C29H22FN7O2/c1-16(2)28(38)36-19-7-10-21(22(30)13-19)26-23(24-25(37(26)3)18(14-31)15-35-27(24)32)17-5-8-20(9-6-17)39-29-33-11-4-12-34-29/h4-13,15H,1H2,2-3H3,(H2,32,35)(H,36,38). The fourth-order valence-corrected chi connectivity index (χ4v) is 4.34. The maximum absolute atomic E-state index is 15.6. The molecule has 0 aliphatic carbocycles. The minimum Gasteiger partial charge on any atom is -0.424 e. The van der Waals surface area contributed by atoms with Crippen molar-refractivity contribution in [1.82, 2.24) is 19.5 Å². The molecule has 3 aromatic heterocycles. The van der Waals surface area contributed by atoms with Crippen LogP contribution >= 0.6 is 0 Å². The molecule has 5 rings (SSSR count). The zero-order valence-electron chi connectivity index (χ0n) is 21.1. The largest absolute Gasteiger partial charge is 0.424 e. The van der Waals surface area contributed by atoms with Crippen LogP contribution in [0.5, 0.6) is 11.8 Å². The number of benzene rings is 2. The van der Waals surface area contributed by atoms with Gasteiger partial charge in [0.25, 0.3) is 5.91 Å². The van der Waals surface area contributed by atoms with Gasteiger partial charge in [0.15, 0.2) is 0 Å². The molecular weight excluding hydrogens is 497 g/mol. The first-order valence-electron chi connectivity index (χ1n) is 11.8. The van der Waals surface area contributed by atoms with Crippen LogP contribution in [0.4, 0.5) is 15.9 Å². The van der Waals surface area contributed by atoms with Crippen molar-refractivity contribution in [2.75, 3.05) is 11.1 Å². The number of nitrogens with zero attached hydrogens (tertiary/aromatic N) is 5. The van der Waals surface area contributed by atoms with Crippen LogP contribution in [0.1, 0.15) is 12.5 Å². The molecular formula is C29H22FN7O2. The lowest BCUT2D eigenvalue weighted by molar-refractivity contribution is -0.112. The Hall–Kier alpha value is -5.56. The highest BCUT2D eigenvalue weighted by Gasteiger charge is 2.25. The van der Waals surface area contributed by atoms with Crippen molar-refractivity contribution in [3.63, 3.8) is 0 Å². The quantitative estimate of drug-likeness (QED) is 0.279. The van der Waals surface area contributed by atoms with Gasteiger partial charge < -0.3 is 20.4 Å². The Morgan fingerprint density at radius 2 is 1.87 bits per heavy atom. The van der Waals surface area contributed by atoms with Crippen LogP contribution < -0.4 is 15.8 Å². The van der Waals surface area contributed by atoms with Crippen molar-refractivity contribution in [1.29, 1.82) is 5.26 Å². The van der Waals surface area contributed by atoms with Gasteiger partial charge in [0.2, 0.25) is 0 Å². The lowest BCUT2D eigenvalue weighted by Gasteiger charge is -2.12. The Labute approximate surface area is 223 Å². The Morgan fingerprint density at radius 1 is 1.15 bits per heavy atom. The van der Waals surface area contributed by atoms with Crippen LogP contribution in [0.25, 0.3) is 33.3 Å². The van der Waals surface area contributed by atoms with E-state index in [0.717, 1.165) is 0 Å². The lowest BCUT2D eigenvalue weighted by atomic mass is 9.97. The van der Waals surface area contributed by atoms with Gasteiger partial charge in [0, 0.05) is 48.0 Å². The summed E-state index contributed by atoms with van der Waals surface area (Å²) in [6.07, 6.45) is 4.55. The molecule has 2 aromatic carbocycles. The molecule has 3 heterocycles. The predicted octanol–water partition coefficient (Wildman–Crippen LogP) is 5.60. The summed E-state index contributed by atoms with van der Waals surface area (Å²) in [5.74, 6) is -0.287. The smallest absolute Gasteiger partial charge is 0.321 e. The molecule has 0 unspecified atom stereocenters. The van der Waals surface area contributed by atoms with Crippen LogP contribution in [-0.4, -0.2) is 25.4 Å². The monoisotopic (exact) mass is 519 g/mol. The third kappa shape index (κ3) is 4.65. The summed E-state index contributed by atoms with van der Waals surface area (Å²) in [4.78, 5) is 24.4. The summed E-state index contributed by atoms with van der Waals surface area (Å²) < 4.78 is 23.1. The van der Waals surface area contributed by atoms with Gasteiger partial charge in [-0.15, -0.1) is 0 Å². The third-order valence-corrected chi connectivity index (χ3v) is 6.12. The van der Waals surface area contributed by atoms with E-state index in [9.17, 15) is 10.1 Å². The van der Waals surface area contributed by atoms with Gasteiger partial charge >= 0.3 is 6.01 Å². The Bertz CT molecular complexity index is 1790. The molecule has 0 atom stereocenters. The first kappa shape index (κ1) is 25.1. The Morgan fingerprint density at radius 3 is 2.51 bits per heavy atom. The van der Waals surface area contributed by atoms with E-state index < -0.39 is 11.7 Å². The van der Waals surface area contributed by atoms with Crippen molar-refractivity contribution in [3.8, 4) is 40.2 Å². The van der Waals surface area contributed by atoms with Crippen molar-refractivity contribution in [3.05, 3.63) is 90.7 Å². The molecule has 0 radical (unpaired) electrons. The van der Waals surface area contributed by atoms with Gasteiger partial charge in [-0.2, -0.15) is 5.26 Å². The minimum absolute atomic E-state index is 0.198. The number of anilines is 2. The van der Waals surface area contributed by atoms with Crippen molar-refractivity contribution in [2.45, 2.75) is 6.92 Å². The van der Waals surface area contributed by atoms with Gasteiger partial charge in [-0.05, 0) is 48.9 Å². The topological polar surface area (TPSA) is 132 Å². The fraction of sp³-hybridized carbons (Fsp3) is 0.0690. The number of rotatable bonds is 6. The van der Waals surface area contributed by atoms with E-state index in [1.54, 1.807) is 73.4 Å². The summed E-state index contributed by atoms with van der Waals surface area (Å²) in [6, 6.07) is 15.5. The normalized spacial score (nSPS) is 10.7. The summed E-state index contributed by atoms with van der Waals surface area (Å²) in [7, 11) is 1.74. The second kappa shape index (κ2) is 10.1. The van der Waals surface area contributed by atoms with Gasteiger partial charge in [0.05, 0.1) is 22.2 Å². The average molecular weight is 520 g/mol. The number of ether oxygens (including phenoxy) is 1. The number of pyridine rings is 1. The summed E-state index contributed by atoms with van der Waals surface area (Å²) >= 11 is 0. The minimum atomic E-state index is -0.576. The number of amides is 1. The number of carbonyl (C=O) groups is 1. The van der Waals surface area contributed by atoms with E-state index in [2.05, 4.69) is 32.9 Å². The highest BCUT2D eigenvalue weighted by atomic mass is 19.1. The van der Waals surface area contributed by atoms with E-state index in [4.69, 9.17) is 10.5 Å². The van der Waals surface area contributed by atoms with Crippen molar-refractivity contribution in [2.24, 2.45) is 7.05 Å². The van der Waals surface area contributed by atoms with Crippen LogP contribution in [0, 0.1) is 17.1 Å². The predicted molar refractivity (Wildman–Crippen MR) is 146 cm³/mol. The molecule has 192 valence electrons.